The fraction of sp³-hybridized carbons (Fsp3) is 0.500. The van der Waals surface area contributed by atoms with Crippen LogP contribution in [0.4, 0.5) is 15.8 Å². The minimum absolute atomic E-state index is 0.185. The SMILES string of the molecule is O=[N+]([O-])c1c(F)cccc1N1CCC(c2noc(C3CC3)n2)CC1. The first kappa shape index (κ1) is 15.0. The lowest BCUT2D eigenvalue weighted by molar-refractivity contribution is -0.386. The Balaban J connectivity index is 1.48. The van der Waals surface area contributed by atoms with Crippen LogP contribution in [-0.2, 0) is 0 Å². The molecule has 1 aliphatic carbocycles. The largest absolute Gasteiger partial charge is 0.366 e. The molecule has 2 aliphatic rings. The summed E-state index contributed by atoms with van der Waals surface area (Å²) in [6.45, 7) is 1.20. The van der Waals surface area contributed by atoms with Crippen LogP contribution in [0.2, 0.25) is 0 Å². The number of hydrogen-bond acceptors (Lipinski definition) is 6. The van der Waals surface area contributed by atoms with Crippen molar-refractivity contribution in [1.82, 2.24) is 10.1 Å². The molecule has 1 aromatic heterocycles. The molecular formula is C16H17FN4O3. The molecule has 24 heavy (non-hydrogen) atoms. The third-order valence-electron chi connectivity index (χ3n) is 4.73. The first-order valence-corrected chi connectivity index (χ1v) is 8.15. The molecule has 1 saturated heterocycles. The zero-order valence-corrected chi connectivity index (χ0v) is 13.0. The van der Waals surface area contributed by atoms with Gasteiger partial charge in [0.1, 0.15) is 5.69 Å². The number of nitro benzene ring substituents is 1. The first-order valence-electron chi connectivity index (χ1n) is 8.15. The van der Waals surface area contributed by atoms with E-state index in [1.807, 2.05) is 4.90 Å². The Morgan fingerprint density at radius 1 is 1.21 bits per heavy atom. The summed E-state index contributed by atoms with van der Waals surface area (Å²) in [6.07, 6.45) is 3.75. The summed E-state index contributed by atoms with van der Waals surface area (Å²) < 4.78 is 19.1. The maximum absolute atomic E-state index is 13.8. The number of benzene rings is 1. The summed E-state index contributed by atoms with van der Waals surface area (Å²) in [5.41, 5.74) is -0.114. The molecule has 7 nitrogen and oxygen atoms in total. The average Bonchev–Trinajstić information content (AvgIpc) is 3.32. The number of halogens is 1. The van der Waals surface area contributed by atoms with E-state index in [1.165, 1.54) is 6.07 Å². The lowest BCUT2D eigenvalue weighted by Gasteiger charge is -2.32. The second kappa shape index (κ2) is 5.85. The van der Waals surface area contributed by atoms with Gasteiger partial charge in [0.05, 0.1) is 4.92 Å². The van der Waals surface area contributed by atoms with Crippen molar-refractivity contribution in [2.75, 3.05) is 18.0 Å². The van der Waals surface area contributed by atoms with Gasteiger partial charge in [-0.3, -0.25) is 10.1 Å². The second-order valence-corrected chi connectivity index (χ2v) is 6.39. The van der Waals surface area contributed by atoms with Gasteiger partial charge in [0, 0.05) is 24.9 Å². The van der Waals surface area contributed by atoms with E-state index in [0.29, 0.717) is 24.7 Å². The molecule has 8 heteroatoms. The monoisotopic (exact) mass is 332 g/mol. The molecule has 126 valence electrons. The molecule has 1 aromatic carbocycles. The zero-order valence-electron chi connectivity index (χ0n) is 13.0. The van der Waals surface area contributed by atoms with Gasteiger partial charge >= 0.3 is 5.69 Å². The maximum atomic E-state index is 13.8. The highest BCUT2D eigenvalue weighted by atomic mass is 19.1. The van der Waals surface area contributed by atoms with Crippen molar-refractivity contribution in [2.45, 2.75) is 37.5 Å². The lowest BCUT2D eigenvalue weighted by Crippen LogP contribution is -2.33. The fourth-order valence-electron chi connectivity index (χ4n) is 3.23. The minimum Gasteiger partial charge on any atom is -0.366 e. The van der Waals surface area contributed by atoms with E-state index < -0.39 is 16.4 Å². The molecule has 0 N–H and O–H groups in total. The predicted molar refractivity (Wildman–Crippen MR) is 83.5 cm³/mol. The van der Waals surface area contributed by atoms with E-state index >= 15 is 0 Å². The van der Waals surface area contributed by atoms with Crippen LogP contribution in [0.15, 0.2) is 22.7 Å². The second-order valence-electron chi connectivity index (χ2n) is 6.39. The molecule has 0 radical (unpaired) electrons. The van der Waals surface area contributed by atoms with Crippen molar-refractivity contribution in [3.8, 4) is 0 Å². The van der Waals surface area contributed by atoms with Gasteiger partial charge < -0.3 is 9.42 Å². The fourth-order valence-corrected chi connectivity index (χ4v) is 3.23. The highest BCUT2D eigenvalue weighted by Crippen LogP contribution is 2.40. The van der Waals surface area contributed by atoms with E-state index in [0.717, 1.165) is 43.5 Å². The van der Waals surface area contributed by atoms with Gasteiger partial charge in [-0.15, -0.1) is 0 Å². The molecule has 4 rings (SSSR count). The molecule has 0 amide bonds. The highest BCUT2D eigenvalue weighted by molar-refractivity contribution is 5.64. The Morgan fingerprint density at radius 2 is 1.96 bits per heavy atom. The number of rotatable bonds is 4. The average molecular weight is 332 g/mol. The van der Waals surface area contributed by atoms with Crippen molar-refractivity contribution in [3.05, 3.63) is 45.8 Å². The molecule has 2 heterocycles. The number of aromatic nitrogens is 2. The molecule has 1 aliphatic heterocycles. The van der Waals surface area contributed by atoms with E-state index in [4.69, 9.17) is 4.52 Å². The molecule has 0 unspecified atom stereocenters. The summed E-state index contributed by atoms with van der Waals surface area (Å²) in [5.74, 6) is 1.27. The number of piperidine rings is 1. The van der Waals surface area contributed by atoms with E-state index in [9.17, 15) is 14.5 Å². The Morgan fingerprint density at radius 3 is 2.62 bits per heavy atom. The number of anilines is 1. The lowest BCUT2D eigenvalue weighted by atomic mass is 9.95. The van der Waals surface area contributed by atoms with Crippen molar-refractivity contribution in [3.63, 3.8) is 0 Å². The third-order valence-corrected chi connectivity index (χ3v) is 4.73. The van der Waals surface area contributed by atoms with Gasteiger partial charge in [0.15, 0.2) is 5.82 Å². The molecule has 1 saturated carbocycles. The Labute approximate surface area is 137 Å². The van der Waals surface area contributed by atoms with Crippen LogP contribution in [0.25, 0.3) is 0 Å². The first-order chi connectivity index (χ1) is 11.6. The zero-order chi connectivity index (χ0) is 16.7. The maximum Gasteiger partial charge on any atom is 0.327 e. The molecular weight excluding hydrogens is 315 g/mol. The van der Waals surface area contributed by atoms with Crippen molar-refractivity contribution < 1.29 is 13.8 Å². The minimum atomic E-state index is -0.799. The van der Waals surface area contributed by atoms with Gasteiger partial charge in [0.2, 0.25) is 11.7 Å². The van der Waals surface area contributed by atoms with Crippen LogP contribution < -0.4 is 4.90 Å². The van der Waals surface area contributed by atoms with Gasteiger partial charge in [-0.05, 0) is 37.8 Å². The molecule has 2 fully saturated rings. The van der Waals surface area contributed by atoms with Crippen molar-refractivity contribution in [2.24, 2.45) is 0 Å². The van der Waals surface area contributed by atoms with Crippen LogP contribution in [0.1, 0.15) is 49.2 Å². The van der Waals surface area contributed by atoms with Crippen molar-refractivity contribution >= 4 is 11.4 Å². The summed E-state index contributed by atoms with van der Waals surface area (Å²) >= 11 is 0. The number of para-hydroxylation sites is 1. The molecule has 0 atom stereocenters. The van der Waals surface area contributed by atoms with Gasteiger partial charge in [-0.2, -0.15) is 9.37 Å². The van der Waals surface area contributed by atoms with E-state index in [2.05, 4.69) is 10.1 Å². The van der Waals surface area contributed by atoms with E-state index in [-0.39, 0.29) is 5.92 Å². The van der Waals surface area contributed by atoms with Crippen LogP contribution in [0.5, 0.6) is 0 Å². The van der Waals surface area contributed by atoms with Crippen LogP contribution in [0, 0.1) is 15.9 Å². The third kappa shape index (κ3) is 2.72. The van der Waals surface area contributed by atoms with Crippen LogP contribution in [-0.4, -0.2) is 28.2 Å². The van der Waals surface area contributed by atoms with Crippen molar-refractivity contribution in [1.29, 1.82) is 0 Å². The highest BCUT2D eigenvalue weighted by Gasteiger charge is 2.33. The number of nitrogens with zero attached hydrogens (tertiary/aromatic N) is 4. The Hall–Kier alpha value is -2.51. The smallest absolute Gasteiger partial charge is 0.327 e. The summed E-state index contributed by atoms with van der Waals surface area (Å²) in [4.78, 5) is 16.8. The van der Waals surface area contributed by atoms with E-state index in [1.54, 1.807) is 6.07 Å². The van der Waals surface area contributed by atoms with Gasteiger partial charge in [-0.25, -0.2) is 0 Å². The van der Waals surface area contributed by atoms with Crippen LogP contribution >= 0.6 is 0 Å². The number of nitro groups is 1. The Bertz CT molecular complexity index is 766. The van der Waals surface area contributed by atoms with Gasteiger partial charge in [0.25, 0.3) is 0 Å². The summed E-state index contributed by atoms with van der Waals surface area (Å²) in [5, 5.41) is 15.2. The van der Waals surface area contributed by atoms with Gasteiger partial charge in [-0.1, -0.05) is 11.2 Å². The van der Waals surface area contributed by atoms with Crippen LogP contribution in [0.3, 0.4) is 0 Å². The number of hydrogen-bond donors (Lipinski definition) is 0. The molecule has 2 aromatic rings. The molecule has 0 spiro atoms. The predicted octanol–water partition coefficient (Wildman–Crippen LogP) is 3.38. The molecule has 0 bridgehead atoms. The normalized spacial score (nSPS) is 18.8. The topological polar surface area (TPSA) is 85.3 Å². The quantitative estimate of drug-likeness (QED) is 0.630. The summed E-state index contributed by atoms with van der Waals surface area (Å²) in [6, 6.07) is 4.22. The standard InChI is InChI=1S/C16H17FN4O3/c17-12-2-1-3-13(14(12)21(22)23)20-8-6-10(7-9-20)15-18-16(24-19-15)11-4-5-11/h1-3,10-11H,4-9H2. The summed E-state index contributed by atoms with van der Waals surface area (Å²) in [7, 11) is 0. The Kier molecular flexibility index (Phi) is 3.66.